The first-order chi connectivity index (χ1) is 13.0. The summed E-state index contributed by atoms with van der Waals surface area (Å²) in [6, 6.07) is 2.68. The highest BCUT2D eigenvalue weighted by molar-refractivity contribution is 5.25. The van der Waals surface area contributed by atoms with Crippen LogP contribution in [0.15, 0.2) is 0 Å². The second kappa shape index (κ2) is 5.98. The van der Waals surface area contributed by atoms with E-state index in [1.165, 1.54) is 19.3 Å². The van der Waals surface area contributed by atoms with Crippen LogP contribution in [0.2, 0.25) is 0 Å². The molecule has 0 unspecified atom stereocenters. The highest BCUT2D eigenvalue weighted by atomic mass is 16.5. The lowest BCUT2D eigenvalue weighted by atomic mass is 9.30. The molecule has 4 aliphatic rings. The number of nitrogens with zero attached hydrogens (tertiary/aromatic N) is 1. The van der Waals surface area contributed by atoms with Gasteiger partial charge in [-0.2, -0.15) is 5.26 Å². The molecule has 4 saturated carbocycles. The van der Waals surface area contributed by atoms with Gasteiger partial charge in [-0.05, 0) is 78.4 Å². The Bertz CT molecular complexity index is 701. The van der Waals surface area contributed by atoms with Crippen LogP contribution in [0.1, 0.15) is 86.5 Å². The Hall–Kier alpha value is -0.590. The number of hydrogen-bond acceptors (Lipinski definition) is 3. The molecule has 0 amide bonds. The minimum absolute atomic E-state index is 0.0382. The first kappa shape index (κ1) is 20.7. The molecule has 1 N–H and O–H groups in total. The standard InChI is InChI=1S/C25H41NO2/c1-16-18(27)9-13-24(5)21(16,2)12-10-19-22(3)11-8-17(15-26)23(22,4)14-20(28-7)25(19,24)6/h16-20,27H,8-14H2,1-7H3/t16-,17+,18+,19-,20-,21-,22-,23+,24-,25+/m0/s1. The van der Waals surface area contributed by atoms with Crippen molar-refractivity contribution in [3.05, 3.63) is 0 Å². The van der Waals surface area contributed by atoms with Gasteiger partial charge in [-0.1, -0.05) is 41.5 Å². The second-order valence-corrected chi connectivity index (χ2v) is 12.0. The smallest absolute Gasteiger partial charge is 0.0661 e. The lowest BCUT2D eigenvalue weighted by molar-refractivity contribution is -0.298. The van der Waals surface area contributed by atoms with E-state index in [4.69, 9.17) is 4.74 Å². The highest BCUT2D eigenvalue weighted by Crippen LogP contribution is 2.79. The second-order valence-electron chi connectivity index (χ2n) is 12.0. The van der Waals surface area contributed by atoms with Crippen LogP contribution in [0.4, 0.5) is 0 Å². The van der Waals surface area contributed by atoms with E-state index in [0.717, 1.165) is 25.7 Å². The molecule has 3 nitrogen and oxygen atoms in total. The Balaban J connectivity index is 1.88. The Labute approximate surface area is 172 Å². The molecule has 0 bridgehead atoms. The summed E-state index contributed by atoms with van der Waals surface area (Å²) in [6.07, 6.45) is 7.56. The zero-order valence-electron chi connectivity index (χ0n) is 19.1. The largest absolute Gasteiger partial charge is 0.393 e. The number of methoxy groups -OCH3 is 1. The zero-order chi connectivity index (χ0) is 20.8. The molecular weight excluding hydrogens is 346 g/mol. The van der Waals surface area contributed by atoms with Crippen LogP contribution >= 0.6 is 0 Å². The third-order valence-electron chi connectivity index (χ3n) is 12.2. The molecule has 0 aromatic carbocycles. The normalized spacial score (nSPS) is 61.0. The monoisotopic (exact) mass is 387 g/mol. The van der Waals surface area contributed by atoms with Crippen molar-refractivity contribution in [2.75, 3.05) is 7.11 Å². The molecule has 10 atom stereocenters. The van der Waals surface area contributed by atoms with Gasteiger partial charge < -0.3 is 9.84 Å². The zero-order valence-corrected chi connectivity index (χ0v) is 19.1. The number of aliphatic hydroxyl groups is 1. The number of hydrogen-bond donors (Lipinski definition) is 1. The van der Waals surface area contributed by atoms with Crippen molar-refractivity contribution in [3.8, 4) is 6.07 Å². The Morgan fingerprint density at radius 1 is 0.929 bits per heavy atom. The maximum atomic E-state index is 10.7. The van der Waals surface area contributed by atoms with Gasteiger partial charge in [0.25, 0.3) is 0 Å². The summed E-state index contributed by atoms with van der Waals surface area (Å²) in [4.78, 5) is 0. The number of fused-ring (bicyclic) bond motifs is 5. The first-order valence-electron chi connectivity index (χ1n) is 11.6. The van der Waals surface area contributed by atoms with Crippen LogP contribution in [0, 0.1) is 56.2 Å². The molecular formula is C25H41NO2. The molecule has 158 valence electrons. The maximum absolute atomic E-state index is 10.7. The summed E-state index contributed by atoms with van der Waals surface area (Å²) < 4.78 is 6.32. The van der Waals surface area contributed by atoms with Crippen LogP contribution in [0.3, 0.4) is 0 Å². The van der Waals surface area contributed by atoms with Gasteiger partial charge in [0.15, 0.2) is 0 Å². The van der Waals surface area contributed by atoms with Crippen LogP contribution in [0.25, 0.3) is 0 Å². The van der Waals surface area contributed by atoms with Crippen LogP contribution in [-0.2, 0) is 4.74 Å². The van der Waals surface area contributed by atoms with Crippen molar-refractivity contribution < 1.29 is 9.84 Å². The van der Waals surface area contributed by atoms with Gasteiger partial charge in [-0.25, -0.2) is 0 Å². The van der Waals surface area contributed by atoms with Crippen LogP contribution in [-0.4, -0.2) is 24.4 Å². The third-order valence-corrected chi connectivity index (χ3v) is 12.2. The summed E-state index contributed by atoms with van der Waals surface area (Å²) >= 11 is 0. The van der Waals surface area contributed by atoms with Crippen LogP contribution in [0.5, 0.6) is 0 Å². The lowest BCUT2D eigenvalue weighted by Gasteiger charge is -2.75. The Morgan fingerprint density at radius 2 is 1.57 bits per heavy atom. The highest BCUT2D eigenvalue weighted by Gasteiger charge is 2.75. The van der Waals surface area contributed by atoms with Crippen molar-refractivity contribution in [2.24, 2.45) is 44.8 Å². The predicted octanol–water partition coefficient (Wildman–Crippen LogP) is 5.57. The van der Waals surface area contributed by atoms with E-state index in [1.54, 1.807) is 0 Å². The fourth-order valence-electron chi connectivity index (χ4n) is 9.50. The lowest BCUT2D eigenvalue weighted by Crippen LogP contribution is -2.72. The van der Waals surface area contributed by atoms with E-state index in [2.05, 4.69) is 47.6 Å². The van der Waals surface area contributed by atoms with Crippen molar-refractivity contribution in [1.82, 2.24) is 0 Å². The predicted molar refractivity (Wildman–Crippen MR) is 111 cm³/mol. The molecule has 0 aromatic rings. The molecule has 28 heavy (non-hydrogen) atoms. The summed E-state index contributed by atoms with van der Waals surface area (Å²) in [5.41, 5.74) is 0.570. The molecule has 4 rings (SSSR count). The quantitative estimate of drug-likeness (QED) is 0.640. The fourth-order valence-corrected chi connectivity index (χ4v) is 9.50. The summed E-state index contributed by atoms with van der Waals surface area (Å²) in [6.45, 7) is 14.7. The van der Waals surface area contributed by atoms with E-state index in [-0.39, 0.29) is 45.2 Å². The summed E-state index contributed by atoms with van der Waals surface area (Å²) in [7, 11) is 1.89. The van der Waals surface area contributed by atoms with E-state index in [0.29, 0.717) is 11.8 Å². The SMILES string of the molecule is CO[C@H]1C[C@]2(C)[C@@H](C#N)CC[C@@]2(C)[C@@H]2CC[C@@]3(C)[C@@H](C)[C@H](O)CC[C@]3(C)[C@@]12C. The topological polar surface area (TPSA) is 53.2 Å². The van der Waals surface area contributed by atoms with Gasteiger partial charge >= 0.3 is 0 Å². The summed E-state index contributed by atoms with van der Waals surface area (Å²) in [5.74, 6) is 1.04. The van der Waals surface area contributed by atoms with Gasteiger partial charge in [-0.3, -0.25) is 0 Å². The molecule has 0 spiro atoms. The molecule has 0 aliphatic heterocycles. The fraction of sp³-hybridized carbons (Fsp3) is 0.960. The van der Waals surface area contributed by atoms with Crippen molar-refractivity contribution in [1.29, 1.82) is 5.26 Å². The van der Waals surface area contributed by atoms with E-state index < -0.39 is 0 Å². The summed E-state index contributed by atoms with van der Waals surface area (Å²) in [5, 5.41) is 20.7. The first-order valence-corrected chi connectivity index (χ1v) is 11.6. The molecule has 0 aromatic heterocycles. The van der Waals surface area contributed by atoms with Crippen molar-refractivity contribution in [2.45, 2.75) is 98.7 Å². The molecule has 0 radical (unpaired) electrons. The van der Waals surface area contributed by atoms with Crippen LogP contribution < -0.4 is 0 Å². The Morgan fingerprint density at radius 3 is 2.18 bits per heavy atom. The average molecular weight is 388 g/mol. The molecule has 4 fully saturated rings. The maximum Gasteiger partial charge on any atom is 0.0661 e. The van der Waals surface area contributed by atoms with Gasteiger partial charge in [0.05, 0.1) is 24.2 Å². The van der Waals surface area contributed by atoms with Gasteiger partial charge in [0.1, 0.15) is 0 Å². The average Bonchev–Trinajstić information content (AvgIpc) is 2.92. The van der Waals surface area contributed by atoms with E-state index in [9.17, 15) is 10.4 Å². The molecule has 3 heteroatoms. The molecule has 0 heterocycles. The minimum atomic E-state index is -0.182. The number of aliphatic hydroxyl groups excluding tert-OH is 1. The van der Waals surface area contributed by atoms with Gasteiger partial charge in [0.2, 0.25) is 0 Å². The number of nitriles is 1. The van der Waals surface area contributed by atoms with Crippen molar-refractivity contribution >= 4 is 0 Å². The Kier molecular flexibility index (Phi) is 4.41. The van der Waals surface area contributed by atoms with E-state index >= 15 is 0 Å². The minimum Gasteiger partial charge on any atom is -0.393 e. The molecule has 0 saturated heterocycles. The number of ether oxygens (including phenoxy) is 1. The van der Waals surface area contributed by atoms with Crippen molar-refractivity contribution in [3.63, 3.8) is 0 Å². The third kappa shape index (κ3) is 1.98. The van der Waals surface area contributed by atoms with Gasteiger partial charge in [0, 0.05) is 12.5 Å². The molecule has 4 aliphatic carbocycles. The van der Waals surface area contributed by atoms with E-state index in [1.807, 2.05) is 7.11 Å². The number of rotatable bonds is 1. The van der Waals surface area contributed by atoms with Gasteiger partial charge in [-0.15, -0.1) is 0 Å².